The average molecular weight is 266 g/mol. The lowest BCUT2D eigenvalue weighted by atomic mass is 9.82. The van der Waals surface area contributed by atoms with Crippen molar-refractivity contribution in [2.75, 3.05) is 0 Å². The molecular weight excluding hydrogens is 243 g/mol. The zero-order valence-electron chi connectivity index (χ0n) is 12.4. The molecule has 1 aliphatic heterocycles. The van der Waals surface area contributed by atoms with Crippen LogP contribution in [0.15, 0.2) is 12.4 Å². The molecule has 6 heteroatoms. The quantitative estimate of drug-likeness (QED) is 0.824. The van der Waals surface area contributed by atoms with Crippen LogP contribution in [0.3, 0.4) is 0 Å². The van der Waals surface area contributed by atoms with E-state index in [0.717, 1.165) is 5.46 Å². The highest BCUT2D eigenvalue weighted by atomic mass is 16.7. The Morgan fingerprint density at radius 2 is 1.89 bits per heavy atom. The van der Waals surface area contributed by atoms with Crippen LogP contribution in [-0.4, -0.2) is 39.3 Å². The fourth-order valence-electron chi connectivity index (χ4n) is 1.92. The molecule has 0 aliphatic carbocycles. The highest BCUT2D eigenvalue weighted by molar-refractivity contribution is 6.61. The van der Waals surface area contributed by atoms with E-state index < -0.39 is 0 Å². The number of hydrogen-bond donors (Lipinski definition) is 1. The van der Waals surface area contributed by atoms with Crippen molar-refractivity contribution in [3.8, 4) is 0 Å². The van der Waals surface area contributed by atoms with E-state index in [-0.39, 0.29) is 24.4 Å². The van der Waals surface area contributed by atoms with Gasteiger partial charge in [-0.25, -0.2) is 0 Å². The largest absolute Gasteiger partial charge is 0.498 e. The maximum Gasteiger partial charge on any atom is 0.498 e. The maximum atomic E-state index is 9.28. The molecule has 1 N–H and O–H groups in total. The van der Waals surface area contributed by atoms with Crippen molar-refractivity contribution < 1.29 is 14.4 Å². The van der Waals surface area contributed by atoms with Crippen LogP contribution in [0.4, 0.5) is 0 Å². The molecule has 106 valence electrons. The minimum atomic E-state index is -0.370. The first-order valence-corrected chi connectivity index (χ1v) is 6.77. The van der Waals surface area contributed by atoms with Gasteiger partial charge in [0.1, 0.15) is 0 Å². The van der Waals surface area contributed by atoms with Gasteiger partial charge in [-0.05, 0) is 41.0 Å². The summed E-state index contributed by atoms with van der Waals surface area (Å²) in [5.41, 5.74) is 0.253. The van der Waals surface area contributed by atoms with E-state index in [1.807, 2.05) is 38.6 Å². The van der Waals surface area contributed by atoms with E-state index in [4.69, 9.17) is 9.31 Å². The Balaban J connectivity index is 2.04. The van der Waals surface area contributed by atoms with Crippen LogP contribution in [0.5, 0.6) is 0 Å². The first-order chi connectivity index (χ1) is 8.71. The Bertz CT molecular complexity index is 427. The molecular formula is C13H23BN2O3. The van der Waals surface area contributed by atoms with Gasteiger partial charge in [-0.15, -0.1) is 0 Å². The Morgan fingerprint density at radius 1 is 1.32 bits per heavy atom. The molecule has 1 atom stereocenters. The zero-order valence-corrected chi connectivity index (χ0v) is 12.4. The molecule has 0 aromatic carbocycles. The van der Waals surface area contributed by atoms with Gasteiger partial charge in [0, 0.05) is 24.4 Å². The van der Waals surface area contributed by atoms with Crippen molar-refractivity contribution in [1.82, 2.24) is 9.78 Å². The first kappa shape index (κ1) is 14.6. The molecule has 2 heterocycles. The summed E-state index contributed by atoms with van der Waals surface area (Å²) >= 11 is 0. The van der Waals surface area contributed by atoms with Gasteiger partial charge < -0.3 is 14.4 Å². The SMILES string of the molecule is CC(O)CCn1cc(B2OC(C)(C)C(C)(C)O2)cn1. The molecule has 1 aliphatic rings. The van der Waals surface area contributed by atoms with Crippen LogP contribution in [0.1, 0.15) is 41.0 Å². The van der Waals surface area contributed by atoms with Gasteiger partial charge in [0.05, 0.1) is 17.3 Å². The number of rotatable bonds is 4. The van der Waals surface area contributed by atoms with Crippen LogP contribution >= 0.6 is 0 Å². The second kappa shape index (κ2) is 4.92. The van der Waals surface area contributed by atoms with Gasteiger partial charge in [0.15, 0.2) is 0 Å². The van der Waals surface area contributed by atoms with Crippen LogP contribution < -0.4 is 5.46 Å². The van der Waals surface area contributed by atoms with Crippen LogP contribution in [0, 0.1) is 0 Å². The molecule has 1 unspecified atom stereocenters. The predicted molar refractivity (Wildman–Crippen MR) is 74.2 cm³/mol. The van der Waals surface area contributed by atoms with Gasteiger partial charge >= 0.3 is 7.12 Å². The highest BCUT2D eigenvalue weighted by Gasteiger charge is 2.52. The van der Waals surface area contributed by atoms with E-state index in [1.54, 1.807) is 13.1 Å². The van der Waals surface area contributed by atoms with Crippen molar-refractivity contribution >= 4 is 12.6 Å². The maximum absolute atomic E-state index is 9.28. The van der Waals surface area contributed by atoms with Crippen LogP contribution in [0.25, 0.3) is 0 Å². The molecule has 1 fully saturated rings. The monoisotopic (exact) mass is 266 g/mol. The van der Waals surface area contributed by atoms with Crippen LogP contribution in [0.2, 0.25) is 0 Å². The number of aryl methyl sites for hydroxylation is 1. The lowest BCUT2D eigenvalue weighted by Crippen LogP contribution is -2.41. The third-order valence-corrected chi connectivity index (χ3v) is 3.95. The number of hydrogen-bond acceptors (Lipinski definition) is 4. The van der Waals surface area contributed by atoms with Gasteiger partial charge in [-0.1, -0.05) is 0 Å². The Kier molecular flexibility index (Phi) is 3.77. The summed E-state index contributed by atoms with van der Waals surface area (Å²) < 4.78 is 13.7. The molecule has 1 aromatic rings. The summed E-state index contributed by atoms with van der Waals surface area (Å²) in [6.45, 7) is 10.6. The van der Waals surface area contributed by atoms with E-state index >= 15 is 0 Å². The van der Waals surface area contributed by atoms with Crippen LogP contribution in [-0.2, 0) is 15.9 Å². The minimum Gasteiger partial charge on any atom is -0.399 e. The topological polar surface area (TPSA) is 56.5 Å². The molecule has 5 nitrogen and oxygen atoms in total. The molecule has 0 saturated carbocycles. The van der Waals surface area contributed by atoms with E-state index in [1.165, 1.54) is 0 Å². The van der Waals surface area contributed by atoms with Gasteiger partial charge in [0.2, 0.25) is 0 Å². The summed E-state index contributed by atoms with van der Waals surface area (Å²) in [7, 11) is -0.370. The number of aromatic nitrogens is 2. The highest BCUT2D eigenvalue weighted by Crippen LogP contribution is 2.36. The van der Waals surface area contributed by atoms with Crippen molar-refractivity contribution in [2.24, 2.45) is 0 Å². The lowest BCUT2D eigenvalue weighted by molar-refractivity contribution is 0.00578. The molecule has 0 spiro atoms. The summed E-state index contributed by atoms with van der Waals surface area (Å²) in [5, 5.41) is 13.6. The molecule has 19 heavy (non-hydrogen) atoms. The minimum absolute atomic E-state index is 0.315. The molecule has 1 saturated heterocycles. The summed E-state index contributed by atoms with van der Waals surface area (Å²) in [4.78, 5) is 0. The Hall–Kier alpha value is -0.845. The second-order valence-corrected chi connectivity index (χ2v) is 6.26. The molecule has 2 rings (SSSR count). The van der Waals surface area contributed by atoms with E-state index in [0.29, 0.717) is 13.0 Å². The molecule has 0 radical (unpaired) electrons. The molecule has 0 amide bonds. The van der Waals surface area contributed by atoms with E-state index in [9.17, 15) is 5.11 Å². The summed E-state index contributed by atoms with van der Waals surface area (Å²) in [6.07, 6.45) is 4.06. The normalized spacial score (nSPS) is 22.7. The first-order valence-electron chi connectivity index (χ1n) is 6.77. The smallest absolute Gasteiger partial charge is 0.399 e. The second-order valence-electron chi connectivity index (χ2n) is 6.26. The number of nitrogens with zero attached hydrogens (tertiary/aromatic N) is 2. The third-order valence-electron chi connectivity index (χ3n) is 3.95. The number of aliphatic hydroxyl groups is 1. The molecule has 1 aromatic heterocycles. The predicted octanol–water partition coefficient (Wildman–Crippen LogP) is 0.953. The fraction of sp³-hybridized carbons (Fsp3) is 0.769. The Morgan fingerprint density at radius 3 is 2.42 bits per heavy atom. The van der Waals surface area contributed by atoms with Crippen molar-refractivity contribution in [3.05, 3.63) is 12.4 Å². The molecule has 0 bridgehead atoms. The van der Waals surface area contributed by atoms with Gasteiger partial charge in [0.25, 0.3) is 0 Å². The van der Waals surface area contributed by atoms with Crippen molar-refractivity contribution in [1.29, 1.82) is 0 Å². The summed E-state index contributed by atoms with van der Waals surface area (Å²) in [5.74, 6) is 0. The zero-order chi connectivity index (χ0) is 14.3. The van der Waals surface area contributed by atoms with Gasteiger partial charge in [-0.3, -0.25) is 4.68 Å². The number of aliphatic hydroxyl groups excluding tert-OH is 1. The summed E-state index contributed by atoms with van der Waals surface area (Å²) in [6, 6.07) is 0. The van der Waals surface area contributed by atoms with Crippen molar-refractivity contribution in [3.63, 3.8) is 0 Å². The van der Waals surface area contributed by atoms with Gasteiger partial charge in [-0.2, -0.15) is 5.10 Å². The van der Waals surface area contributed by atoms with E-state index in [2.05, 4.69) is 5.10 Å². The third kappa shape index (κ3) is 3.01. The Labute approximate surface area is 115 Å². The standard InChI is InChI=1S/C13H23BN2O3/c1-10(17)6-7-16-9-11(8-15-16)14-18-12(2,3)13(4,5)19-14/h8-10,17H,6-7H2,1-5H3. The fourth-order valence-corrected chi connectivity index (χ4v) is 1.92. The van der Waals surface area contributed by atoms with Crippen molar-refractivity contribution in [2.45, 2.75) is 64.9 Å². The lowest BCUT2D eigenvalue weighted by Gasteiger charge is -2.32. The average Bonchev–Trinajstić information content (AvgIpc) is 2.79.